The molecule has 1 atom stereocenters. The van der Waals surface area contributed by atoms with Gasteiger partial charge in [-0.25, -0.2) is 14.1 Å². The Morgan fingerprint density at radius 3 is 2.29 bits per heavy atom. The third kappa shape index (κ3) is 8.42. The van der Waals surface area contributed by atoms with Gasteiger partial charge in [0.1, 0.15) is 11.9 Å². The number of amides is 2. The summed E-state index contributed by atoms with van der Waals surface area (Å²) in [7, 11) is 0. The lowest BCUT2D eigenvalue weighted by atomic mass is 10.1. The largest absolute Gasteiger partial charge is 0.427 e. The molecule has 2 amide bonds. The molecule has 8 nitrogen and oxygen atoms in total. The second-order valence-electron chi connectivity index (χ2n) is 8.01. The predicted molar refractivity (Wildman–Crippen MR) is 130 cm³/mol. The van der Waals surface area contributed by atoms with Gasteiger partial charge in [-0.3, -0.25) is 9.59 Å². The number of carbonyl (C=O) groups excluding carboxylic acids is 3. The number of rotatable bonds is 10. The highest BCUT2D eigenvalue weighted by Crippen LogP contribution is 2.27. The number of hydrogen-bond donors (Lipinski definition) is 1. The zero-order valence-corrected chi connectivity index (χ0v) is 21.0. The highest BCUT2D eigenvalue weighted by atomic mass is 79.9. The molecule has 0 heterocycles. The van der Waals surface area contributed by atoms with Crippen molar-refractivity contribution in [1.29, 1.82) is 0 Å². The fourth-order valence-electron chi connectivity index (χ4n) is 3.18. The van der Waals surface area contributed by atoms with Gasteiger partial charge in [0, 0.05) is 35.9 Å². The fourth-order valence-corrected chi connectivity index (χ4v) is 3.56. The van der Waals surface area contributed by atoms with Crippen molar-refractivity contribution in [2.24, 2.45) is 11.7 Å². The van der Waals surface area contributed by atoms with Gasteiger partial charge in [0.25, 0.3) is 0 Å². The molecule has 2 aromatic rings. The number of carbonyl (C=O) groups is 3. The average molecular weight is 538 g/mol. The van der Waals surface area contributed by atoms with Crippen molar-refractivity contribution in [1.82, 2.24) is 4.90 Å². The summed E-state index contributed by atoms with van der Waals surface area (Å²) in [6.07, 6.45) is -0.521. The minimum absolute atomic E-state index is 0.0289. The molecule has 0 fully saturated rings. The third-order valence-corrected chi connectivity index (χ3v) is 5.31. The predicted octanol–water partition coefficient (Wildman–Crippen LogP) is 4.59. The molecule has 2 rings (SSSR count). The molecule has 0 aliphatic heterocycles. The van der Waals surface area contributed by atoms with Gasteiger partial charge in [0.2, 0.25) is 12.7 Å². The lowest BCUT2D eigenvalue weighted by molar-refractivity contribution is -0.154. The molecule has 0 spiro atoms. The smallest absolute Gasteiger partial charge is 0.419 e. The molecule has 2 aromatic carbocycles. The van der Waals surface area contributed by atoms with Crippen LogP contribution in [0.5, 0.6) is 0 Å². The number of imide groups is 1. The molecule has 10 heteroatoms. The van der Waals surface area contributed by atoms with Crippen molar-refractivity contribution in [2.75, 3.05) is 24.8 Å². The van der Waals surface area contributed by atoms with E-state index in [0.717, 1.165) is 15.1 Å². The maximum atomic E-state index is 13.4. The molecular formula is C24H29BrFN3O5. The number of esters is 1. The molecule has 0 aromatic heterocycles. The zero-order valence-electron chi connectivity index (χ0n) is 19.4. The molecule has 34 heavy (non-hydrogen) atoms. The highest BCUT2D eigenvalue weighted by Gasteiger charge is 2.23. The monoisotopic (exact) mass is 537 g/mol. The first kappa shape index (κ1) is 27.3. The Morgan fingerprint density at radius 1 is 1.03 bits per heavy atom. The van der Waals surface area contributed by atoms with Crippen molar-refractivity contribution >= 4 is 45.3 Å². The van der Waals surface area contributed by atoms with Crippen LogP contribution in [0.2, 0.25) is 0 Å². The molecule has 0 saturated carbocycles. The van der Waals surface area contributed by atoms with Gasteiger partial charge < -0.3 is 20.1 Å². The van der Waals surface area contributed by atoms with Gasteiger partial charge in [-0.05, 0) is 54.8 Å². The summed E-state index contributed by atoms with van der Waals surface area (Å²) >= 11 is 3.43. The molecule has 184 valence electrons. The van der Waals surface area contributed by atoms with Gasteiger partial charge in [0.15, 0.2) is 0 Å². The minimum atomic E-state index is -0.953. The van der Waals surface area contributed by atoms with Crippen LogP contribution in [0.1, 0.15) is 27.2 Å². The molecule has 0 aliphatic rings. The van der Waals surface area contributed by atoms with E-state index in [1.54, 1.807) is 12.1 Å². The number of benzene rings is 2. The standard InChI is InChI=1S/C24H29BrFN3O5/c1-16(2)13-22(27)23(31)33-15-34-24(32)28(17(3)30)11-12-29(20-9-7-19(26)8-10-20)21-6-4-5-18(25)14-21/h4-10,14,16,22H,11-13,15,27H2,1-3H3. The Hall–Kier alpha value is -2.98. The first-order valence-electron chi connectivity index (χ1n) is 10.7. The van der Waals surface area contributed by atoms with E-state index < -0.39 is 30.8 Å². The SMILES string of the molecule is CC(=O)N(CCN(c1ccc(F)cc1)c1cccc(Br)c1)C(=O)OCOC(=O)C(N)CC(C)C. The van der Waals surface area contributed by atoms with Crippen LogP contribution in [0.4, 0.5) is 20.6 Å². The first-order valence-corrected chi connectivity index (χ1v) is 11.5. The van der Waals surface area contributed by atoms with Crippen molar-refractivity contribution in [3.8, 4) is 0 Å². The Morgan fingerprint density at radius 2 is 1.71 bits per heavy atom. The number of halogens is 2. The third-order valence-electron chi connectivity index (χ3n) is 4.82. The van der Waals surface area contributed by atoms with Crippen LogP contribution in [0, 0.1) is 11.7 Å². The van der Waals surface area contributed by atoms with E-state index in [4.69, 9.17) is 15.2 Å². The van der Waals surface area contributed by atoms with Crippen LogP contribution >= 0.6 is 15.9 Å². The van der Waals surface area contributed by atoms with E-state index in [1.807, 2.05) is 43.0 Å². The van der Waals surface area contributed by atoms with Crippen LogP contribution in [-0.4, -0.2) is 48.8 Å². The molecule has 0 bridgehead atoms. The minimum Gasteiger partial charge on any atom is -0.427 e. The molecule has 2 N–H and O–H groups in total. The lowest BCUT2D eigenvalue weighted by Gasteiger charge is -2.28. The molecule has 0 saturated heterocycles. The van der Waals surface area contributed by atoms with E-state index >= 15 is 0 Å². The zero-order chi connectivity index (χ0) is 25.3. The molecule has 1 unspecified atom stereocenters. The average Bonchev–Trinajstić information content (AvgIpc) is 2.76. The summed E-state index contributed by atoms with van der Waals surface area (Å²) in [6, 6.07) is 12.5. The van der Waals surface area contributed by atoms with Crippen LogP contribution in [0.3, 0.4) is 0 Å². The second kappa shape index (κ2) is 13.0. The summed E-state index contributed by atoms with van der Waals surface area (Å²) in [6.45, 7) is 4.59. The molecule has 0 radical (unpaired) electrons. The van der Waals surface area contributed by atoms with Crippen molar-refractivity contribution in [3.05, 3.63) is 58.8 Å². The summed E-state index contributed by atoms with van der Waals surface area (Å²) in [5.41, 5.74) is 7.18. The Kier molecular flexibility index (Phi) is 10.5. The van der Waals surface area contributed by atoms with E-state index in [0.29, 0.717) is 12.1 Å². The quantitative estimate of drug-likeness (QED) is 0.349. The lowest BCUT2D eigenvalue weighted by Crippen LogP contribution is -2.41. The first-order chi connectivity index (χ1) is 16.1. The number of nitrogens with zero attached hydrogens (tertiary/aromatic N) is 2. The van der Waals surface area contributed by atoms with Gasteiger partial charge in [-0.15, -0.1) is 0 Å². The number of ether oxygens (including phenoxy) is 2. The Labute approximate surface area is 206 Å². The highest BCUT2D eigenvalue weighted by molar-refractivity contribution is 9.10. The fraction of sp³-hybridized carbons (Fsp3) is 0.375. The van der Waals surface area contributed by atoms with Crippen LogP contribution in [-0.2, 0) is 19.1 Å². The van der Waals surface area contributed by atoms with E-state index in [9.17, 15) is 18.8 Å². The van der Waals surface area contributed by atoms with Crippen molar-refractivity contribution in [2.45, 2.75) is 33.2 Å². The van der Waals surface area contributed by atoms with E-state index in [-0.39, 0.29) is 24.8 Å². The van der Waals surface area contributed by atoms with Crippen molar-refractivity contribution < 1.29 is 28.2 Å². The Balaban J connectivity index is 2.05. The maximum Gasteiger partial charge on any atom is 0.419 e. The second-order valence-corrected chi connectivity index (χ2v) is 8.92. The van der Waals surface area contributed by atoms with Crippen LogP contribution in [0.15, 0.2) is 53.0 Å². The topological polar surface area (TPSA) is 102 Å². The summed E-state index contributed by atoms with van der Waals surface area (Å²) in [5.74, 6) is -1.41. The Bertz CT molecular complexity index is 987. The van der Waals surface area contributed by atoms with Gasteiger partial charge in [-0.1, -0.05) is 35.8 Å². The summed E-state index contributed by atoms with van der Waals surface area (Å²) < 4.78 is 24.1. The summed E-state index contributed by atoms with van der Waals surface area (Å²) in [5, 5.41) is 0. The maximum absolute atomic E-state index is 13.4. The number of hydrogen-bond acceptors (Lipinski definition) is 7. The van der Waals surface area contributed by atoms with Crippen LogP contribution < -0.4 is 10.6 Å². The van der Waals surface area contributed by atoms with E-state index in [2.05, 4.69) is 15.9 Å². The normalized spacial score (nSPS) is 11.6. The number of anilines is 2. The van der Waals surface area contributed by atoms with Gasteiger partial charge >= 0.3 is 12.1 Å². The van der Waals surface area contributed by atoms with Gasteiger partial charge in [0.05, 0.1) is 0 Å². The van der Waals surface area contributed by atoms with E-state index in [1.165, 1.54) is 19.1 Å². The molecule has 0 aliphatic carbocycles. The van der Waals surface area contributed by atoms with Crippen molar-refractivity contribution in [3.63, 3.8) is 0 Å². The van der Waals surface area contributed by atoms with Gasteiger partial charge in [-0.2, -0.15) is 0 Å². The number of nitrogens with two attached hydrogens (primary N) is 1. The summed E-state index contributed by atoms with van der Waals surface area (Å²) in [4.78, 5) is 39.2. The molecular weight excluding hydrogens is 509 g/mol. The van der Waals surface area contributed by atoms with Crippen LogP contribution in [0.25, 0.3) is 0 Å².